The van der Waals surface area contributed by atoms with Crippen molar-refractivity contribution in [3.05, 3.63) is 53.6 Å². The van der Waals surface area contributed by atoms with Crippen LogP contribution in [0.15, 0.2) is 43.1 Å². The summed E-state index contributed by atoms with van der Waals surface area (Å²) in [6, 6.07) is 3.66. The molecule has 0 saturated carbocycles. The highest BCUT2D eigenvalue weighted by Crippen LogP contribution is 2.35. The molecule has 6 rings (SSSR count). The highest BCUT2D eigenvalue weighted by atomic mass is 32.1. The fourth-order valence-corrected chi connectivity index (χ4v) is 5.25. The molecule has 1 aliphatic rings. The smallest absolute Gasteiger partial charge is 0.256 e. The van der Waals surface area contributed by atoms with Crippen LogP contribution in [-0.2, 0) is 11.3 Å². The van der Waals surface area contributed by atoms with Gasteiger partial charge in [-0.25, -0.2) is 9.97 Å². The van der Waals surface area contributed by atoms with E-state index in [1.54, 1.807) is 42.2 Å². The predicted octanol–water partition coefficient (Wildman–Crippen LogP) is 2.80. The van der Waals surface area contributed by atoms with Gasteiger partial charge in [0, 0.05) is 47.5 Å². The number of anilines is 1. The van der Waals surface area contributed by atoms with Gasteiger partial charge < -0.3 is 19.7 Å². The Morgan fingerprint density at radius 2 is 2.08 bits per heavy atom. The van der Waals surface area contributed by atoms with Crippen LogP contribution in [-0.4, -0.2) is 69.5 Å². The molecule has 0 radical (unpaired) electrons. The Bertz CT molecular complexity index is 1560. The molecule has 1 aliphatic heterocycles. The van der Waals surface area contributed by atoms with Crippen LogP contribution in [0.3, 0.4) is 0 Å². The Hall–Kier alpha value is -4.16. The number of morpholine rings is 1. The van der Waals surface area contributed by atoms with Crippen LogP contribution in [0.5, 0.6) is 5.75 Å². The first-order chi connectivity index (χ1) is 17.7. The molecule has 11 nitrogen and oxygen atoms in total. The maximum Gasteiger partial charge on any atom is 0.256 e. The maximum absolute atomic E-state index is 12.8. The molecule has 5 aromatic rings. The van der Waals surface area contributed by atoms with E-state index in [1.807, 2.05) is 6.07 Å². The molecule has 1 saturated heterocycles. The highest BCUT2D eigenvalue weighted by Gasteiger charge is 2.22. The van der Waals surface area contributed by atoms with Gasteiger partial charge in [-0.05, 0) is 12.1 Å². The molecule has 2 N–H and O–H groups in total. The van der Waals surface area contributed by atoms with Crippen molar-refractivity contribution in [2.75, 3.05) is 38.3 Å². The Morgan fingerprint density at radius 3 is 2.94 bits per heavy atom. The van der Waals surface area contributed by atoms with E-state index in [-0.39, 0.29) is 5.91 Å². The third-order valence-corrected chi connectivity index (χ3v) is 7.11. The number of fused-ring (bicyclic) bond motifs is 2. The van der Waals surface area contributed by atoms with Gasteiger partial charge in [0.1, 0.15) is 5.75 Å². The van der Waals surface area contributed by atoms with Crippen molar-refractivity contribution in [1.82, 2.24) is 35.5 Å². The number of H-pyrrole nitrogens is 1. The summed E-state index contributed by atoms with van der Waals surface area (Å²) in [5.41, 5.74) is 2.83. The Kier molecular flexibility index (Phi) is 5.87. The zero-order chi connectivity index (χ0) is 24.5. The number of methoxy groups -OCH3 is 1. The number of aromatic nitrogens is 6. The third-order valence-electron chi connectivity index (χ3n) is 5.99. The lowest BCUT2D eigenvalue weighted by Crippen LogP contribution is -2.36. The van der Waals surface area contributed by atoms with Crippen LogP contribution < -0.4 is 15.0 Å². The van der Waals surface area contributed by atoms with Crippen LogP contribution >= 0.6 is 11.3 Å². The van der Waals surface area contributed by atoms with Crippen molar-refractivity contribution in [3.63, 3.8) is 0 Å². The van der Waals surface area contributed by atoms with Crippen LogP contribution in [0, 0.1) is 0 Å². The second-order valence-corrected chi connectivity index (χ2v) is 9.31. The molecule has 182 valence electrons. The molecule has 1 fully saturated rings. The summed E-state index contributed by atoms with van der Waals surface area (Å²) in [4.78, 5) is 34.2. The molecule has 5 aromatic heterocycles. The third kappa shape index (κ3) is 4.10. The van der Waals surface area contributed by atoms with E-state index in [2.05, 4.69) is 30.4 Å². The lowest BCUT2D eigenvalue weighted by Gasteiger charge is -2.28. The van der Waals surface area contributed by atoms with Crippen LogP contribution in [0.2, 0.25) is 0 Å². The van der Waals surface area contributed by atoms with Gasteiger partial charge in [0.2, 0.25) is 0 Å². The highest BCUT2D eigenvalue weighted by molar-refractivity contribution is 7.19. The Morgan fingerprint density at radius 1 is 1.19 bits per heavy atom. The molecule has 6 heterocycles. The van der Waals surface area contributed by atoms with Gasteiger partial charge >= 0.3 is 0 Å². The zero-order valence-electron chi connectivity index (χ0n) is 19.4. The lowest BCUT2D eigenvalue weighted by atomic mass is 10.2. The van der Waals surface area contributed by atoms with Crippen LogP contribution in [0.1, 0.15) is 15.2 Å². The minimum absolute atomic E-state index is 0.254. The van der Waals surface area contributed by atoms with E-state index in [4.69, 9.17) is 19.4 Å². The maximum atomic E-state index is 12.8. The number of carbonyl (C=O) groups is 1. The number of amides is 1. The van der Waals surface area contributed by atoms with Gasteiger partial charge in [-0.3, -0.25) is 19.9 Å². The standard InChI is InChI=1S/C24H22N8O3S/c1-34-20-2-3-25-11-17(20)24(33)27-9-14-8-18-21(36-14)23(32-4-6-35-7-5-32)30-22(29-18)16-10-26-13-19-15(16)12-28-31-19/h2-3,8,10-13H,4-7,9H2,1H3,(H,27,33)(H,28,31). The number of ether oxygens (including phenoxy) is 2. The van der Waals surface area contributed by atoms with Gasteiger partial charge in [0.05, 0.1) is 60.6 Å². The largest absolute Gasteiger partial charge is 0.496 e. The predicted molar refractivity (Wildman–Crippen MR) is 135 cm³/mol. The first-order valence-electron chi connectivity index (χ1n) is 11.4. The van der Waals surface area contributed by atoms with E-state index in [9.17, 15) is 4.79 Å². The summed E-state index contributed by atoms with van der Waals surface area (Å²) in [7, 11) is 1.53. The number of thiophene rings is 1. The number of nitrogens with one attached hydrogen (secondary N) is 2. The second-order valence-electron chi connectivity index (χ2n) is 8.17. The number of carbonyl (C=O) groups excluding carboxylic acids is 1. The molecule has 1 amide bonds. The monoisotopic (exact) mass is 502 g/mol. The van der Waals surface area contributed by atoms with Gasteiger partial charge in [0.25, 0.3) is 5.91 Å². The minimum atomic E-state index is -0.254. The van der Waals surface area contributed by atoms with Gasteiger partial charge in [-0.2, -0.15) is 5.10 Å². The van der Waals surface area contributed by atoms with E-state index >= 15 is 0 Å². The van der Waals surface area contributed by atoms with Crippen molar-refractivity contribution in [3.8, 4) is 17.1 Å². The minimum Gasteiger partial charge on any atom is -0.496 e. The number of nitrogens with zero attached hydrogens (tertiary/aromatic N) is 6. The normalized spacial score (nSPS) is 13.9. The summed E-state index contributed by atoms with van der Waals surface area (Å²) < 4.78 is 11.8. The molecule has 0 unspecified atom stereocenters. The van der Waals surface area contributed by atoms with Gasteiger partial charge in [-0.15, -0.1) is 11.3 Å². The Labute approximate surface area is 209 Å². The van der Waals surface area contributed by atoms with Crippen molar-refractivity contribution >= 4 is 44.2 Å². The first-order valence-corrected chi connectivity index (χ1v) is 12.2. The number of pyridine rings is 2. The first kappa shape index (κ1) is 22.3. The molecule has 0 atom stereocenters. The molecule has 0 aromatic carbocycles. The van der Waals surface area contributed by atoms with Crippen molar-refractivity contribution in [2.45, 2.75) is 6.54 Å². The van der Waals surface area contributed by atoms with Crippen molar-refractivity contribution < 1.29 is 14.3 Å². The van der Waals surface area contributed by atoms with E-state index in [0.717, 1.165) is 50.5 Å². The van der Waals surface area contributed by atoms with Crippen molar-refractivity contribution in [2.24, 2.45) is 0 Å². The average Bonchev–Trinajstić information content (AvgIpc) is 3.58. The number of hydrogen-bond acceptors (Lipinski definition) is 10. The summed E-state index contributed by atoms with van der Waals surface area (Å²) in [5.74, 6) is 1.66. The molecule has 0 spiro atoms. The number of rotatable bonds is 6. The summed E-state index contributed by atoms with van der Waals surface area (Å²) in [6.07, 6.45) is 8.34. The van der Waals surface area contributed by atoms with Crippen molar-refractivity contribution in [1.29, 1.82) is 0 Å². The lowest BCUT2D eigenvalue weighted by molar-refractivity contribution is 0.0948. The molecule has 12 heteroatoms. The summed E-state index contributed by atoms with van der Waals surface area (Å²) in [5, 5.41) is 11.0. The zero-order valence-corrected chi connectivity index (χ0v) is 20.2. The molecular formula is C24H22N8O3S. The van der Waals surface area contributed by atoms with E-state index in [0.29, 0.717) is 36.9 Å². The molecule has 36 heavy (non-hydrogen) atoms. The number of aromatic amines is 1. The van der Waals surface area contributed by atoms with Gasteiger partial charge in [0.15, 0.2) is 11.6 Å². The van der Waals surface area contributed by atoms with E-state index in [1.165, 1.54) is 13.3 Å². The van der Waals surface area contributed by atoms with E-state index < -0.39 is 0 Å². The fraction of sp³-hybridized carbons (Fsp3) is 0.250. The molecule has 0 bridgehead atoms. The fourth-order valence-electron chi connectivity index (χ4n) is 4.20. The summed E-state index contributed by atoms with van der Waals surface area (Å²) >= 11 is 1.57. The SMILES string of the molecule is COc1ccncc1C(=O)NCc1cc2nc(-c3cncc4[nH]ncc34)nc(N3CCOCC3)c2s1. The van der Waals surface area contributed by atoms with Crippen LogP contribution in [0.4, 0.5) is 5.82 Å². The second kappa shape index (κ2) is 9.47. The number of hydrogen-bond donors (Lipinski definition) is 2. The Balaban J connectivity index is 1.37. The topological polar surface area (TPSA) is 131 Å². The average molecular weight is 503 g/mol. The summed E-state index contributed by atoms with van der Waals surface area (Å²) in [6.45, 7) is 3.10. The molecular weight excluding hydrogens is 480 g/mol. The quantitative estimate of drug-likeness (QED) is 0.360. The molecule has 0 aliphatic carbocycles. The van der Waals surface area contributed by atoms with Crippen LogP contribution in [0.25, 0.3) is 32.5 Å². The van der Waals surface area contributed by atoms with Gasteiger partial charge in [-0.1, -0.05) is 0 Å².